The number of hydrogen-bond acceptors (Lipinski definition) is 6. The van der Waals surface area contributed by atoms with Crippen molar-refractivity contribution in [3.05, 3.63) is 57.3 Å². The van der Waals surface area contributed by atoms with Gasteiger partial charge in [0, 0.05) is 27.7 Å². The SMILES string of the molecule is CC(C)c1nc(COC(N)=O)n(CC2=C=CN(CP(=O)(O)O)CC2)c1Sc1cc(Cl)cc(Cl)c1. The number of aromatic nitrogens is 2. The molecular weight excluding hydrogens is 522 g/mol. The van der Waals surface area contributed by atoms with Crippen LogP contribution in [-0.2, 0) is 22.5 Å². The first-order valence-corrected chi connectivity index (χ1v) is 13.7. The molecule has 1 aliphatic heterocycles. The fourth-order valence-corrected chi connectivity index (χ4v) is 5.97. The Morgan fingerprint density at radius 3 is 2.53 bits per heavy atom. The minimum Gasteiger partial charge on any atom is -0.442 e. The standard InChI is InChI=1S/C21H25Cl2N4O5PS/c1-13(2)19-20(34-17-8-15(22)7-16(23)9-17)27(18(25-19)11-32-21(24)28)10-14-3-5-26(6-4-14)12-33(29,30)31/h6-9,13H,3,5,10-12H2,1-2H3,(H2,24,28)(H2,29,30,31). The number of amides is 1. The molecule has 2 aromatic rings. The Morgan fingerprint density at radius 2 is 2.00 bits per heavy atom. The van der Waals surface area contributed by atoms with Gasteiger partial charge in [-0.3, -0.25) is 4.57 Å². The molecular formula is C21H25Cl2N4O5PS. The van der Waals surface area contributed by atoms with Gasteiger partial charge in [-0.05, 0) is 36.1 Å². The summed E-state index contributed by atoms with van der Waals surface area (Å²) in [6.45, 7) is 4.76. The quantitative estimate of drug-likeness (QED) is 0.297. The van der Waals surface area contributed by atoms with Crippen molar-refractivity contribution in [2.75, 3.05) is 12.8 Å². The van der Waals surface area contributed by atoms with Crippen LogP contribution < -0.4 is 5.73 Å². The van der Waals surface area contributed by atoms with Gasteiger partial charge < -0.3 is 29.7 Å². The third-order valence-electron chi connectivity index (χ3n) is 4.83. The Bertz CT molecular complexity index is 1170. The second-order valence-electron chi connectivity index (χ2n) is 8.02. The molecule has 0 unspecified atom stereocenters. The lowest BCUT2D eigenvalue weighted by Crippen LogP contribution is -2.23. The van der Waals surface area contributed by atoms with Crippen LogP contribution in [0.2, 0.25) is 10.0 Å². The number of ether oxygens (including phenoxy) is 1. The molecule has 1 aliphatic rings. The molecule has 0 radical (unpaired) electrons. The number of carbonyl (C=O) groups is 1. The minimum atomic E-state index is -4.16. The maximum atomic E-state index is 11.3. The van der Waals surface area contributed by atoms with E-state index >= 15 is 0 Å². The van der Waals surface area contributed by atoms with E-state index in [1.54, 1.807) is 29.3 Å². The molecule has 0 atom stereocenters. The van der Waals surface area contributed by atoms with E-state index in [2.05, 4.69) is 5.73 Å². The van der Waals surface area contributed by atoms with Crippen molar-refractivity contribution in [2.24, 2.45) is 5.73 Å². The highest BCUT2D eigenvalue weighted by atomic mass is 35.5. The molecule has 184 valence electrons. The Morgan fingerprint density at radius 1 is 1.32 bits per heavy atom. The molecule has 1 aromatic heterocycles. The smallest absolute Gasteiger partial charge is 0.404 e. The third-order valence-corrected chi connectivity index (χ3v) is 7.10. The van der Waals surface area contributed by atoms with Gasteiger partial charge in [0.1, 0.15) is 17.1 Å². The van der Waals surface area contributed by atoms with Crippen LogP contribution in [0.4, 0.5) is 4.79 Å². The van der Waals surface area contributed by atoms with Crippen LogP contribution in [0.1, 0.15) is 37.7 Å². The summed E-state index contributed by atoms with van der Waals surface area (Å²) in [7, 11) is -4.16. The average molecular weight is 547 g/mol. The summed E-state index contributed by atoms with van der Waals surface area (Å²) in [4.78, 5) is 36.8. The van der Waals surface area contributed by atoms with Gasteiger partial charge in [0.05, 0.1) is 12.2 Å². The molecule has 2 heterocycles. The van der Waals surface area contributed by atoms with Crippen LogP contribution in [0.3, 0.4) is 0 Å². The average Bonchev–Trinajstić information content (AvgIpc) is 3.03. The molecule has 34 heavy (non-hydrogen) atoms. The zero-order valence-corrected chi connectivity index (χ0v) is 21.8. The predicted octanol–water partition coefficient (Wildman–Crippen LogP) is 4.94. The minimum absolute atomic E-state index is 0.0698. The van der Waals surface area contributed by atoms with Crippen LogP contribution in [0.15, 0.2) is 45.6 Å². The lowest BCUT2D eigenvalue weighted by Gasteiger charge is -2.24. The van der Waals surface area contributed by atoms with E-state index in [0.717, 1.165) is 21.2 Å². The van der Waals surface area contributed by atoms with Crippen LogP contribution >= 0.6 is 42.6 Å². The highest BCUT2D eigenvalue weighted by molar-refractivity contribution is 7.99. The van der Waals surface area contributed by atoms with E-state index in [4.69, 9.17) is 38.7 Å². The summed E-state index contributed by atoms with van der Waals surface area (Å²) in [6, 6.07) is 5.26. The van der Waals surface area contributed by atoms with Crippen molar-refractivity contribution in [1.82, 2.24) is 14.5 Å². The fourth-order valence-electron chi connectivity index (χ4n) is 3.36. The lowest BCUT2D eigenvalue weighted by atomic mass is 10.1. The first-order chi connectivity index (χ1) is 15.9. The number of nitrogens with zero attached hydrogens (tertiary/aromatic N) is 3. The molecule has 1 amide bonds. The highest BCUT2D eigenvalue weighted by Gasteiger charge is 2.24. The number of halogens is 2. The summed E-state index contributed by atoms with van der Waals surface area (Å²) in [6.07, 6.45) is 0.849. The molecule has 0 spiro atoms. The summed E-state index contributed by atoms with van der Waals surface area (Å²) in [5.41, 5.74) is 10.0. The van der Waals surface area contributed by atoms with Crippen molar-refractivity contribution < 1.29 is 23.9 Å². The van der Waals surface area contributed by atoms with Gasteiger partial charge in [0.15, 0.2) is 6.61 Å². The molecule has 0 aliphatic carbocycles. The van der Waals surface area contributed by atoms with Crippen molar-refractivity contribution >= 4 is 48.7 Å². The number of rotatable bonds is 9. The topological polar surface area (TPSA) is 131 Å². The highest BCUT2D eigenvalue weighted by Crippen LogP contribution is 2.38. The number of primary amides is 1. The van der Waals surface area contributed by atoms with Crippen molar-refractivity contribution in [2.45, 2.75) is 49.3 Å². The van der Waals surface area contributed by atoms with Gasteiger partial charge in [-0.1, -0.05) is 48.8 Å². The number of carbonyl (C=O) groups excluding carboxylic acids is 1. The largest absolute Gasteiger partial charge is 0.442 e. The van der Waals surface area contributed by atoms with Crippen molar-refractivity contribution in [3.63, 3.8) is 0 Å². The summed E-state index contributed by atoms with van der Waals surface area (Å²) >= 11 is 13.8. The molecule has 4 N–H and O–H groups in total. The van der Waals surface area contributed by atoms with E-state index < -0.39 is 13.7 Å². The normalized spacial score (nSPS) is 14.0. The van der Waals surface area contributed by atoms with Crippen molar-refractivity contribution in [1.29, 1.82) is 0 Å². The van der Waals surface area contributed by atoms with Gasteiger partial charge in [-0.2, -0.15) is 0 Å². The number of hydrogen-bond donors (Lipinski definition) is 3. The van der Waals surface area contributed by atoms with E-state index in [9.17, 15) is 19.1 Å². The van der Waals surface area contributed by atoms with Gasteiger partial charge in [-0.15, -0.1) is 5.73 Å². The zero-order valence-electron chi connectivity index (χ0n) is 18.6. The Hall–Kier alpha value is -1.90. The predicted molar refractivity (Wildman–Crippen MR) is 131 cm³/mol. The van der Waals surface area contributed by atoms with Crippen molar-refractivity contribution in [3.8, 4) is 0 Å². The van der Waals surface area contributed by atoms with E-state index in [0.29, 0.717) is 35.4 Å². The maximum absolute atomic E-state index is 11.3. The maximum Gasteiger partial charge on any atom is 0.404 e. The first-order valence-electron chi connectivity index (χ1n) is 10.3. The second-order valence-corrected chi connectivity index (χ2v) is 11.6. The molecule has 0 bridgehead atoms. The third kappa shape index (κ3) is 7.55. The Labute approximate surface area is 211 Å². The summed E-state index contributed by atoms with van der Waals surface area (Å²) < 4.78 is 18.3. The Balaban J connectivity index is 2.01. The van der Waals surface area contributed by atoms with E-state index in [1.807, 2.05) is 18.4 Å². The molecule has 0 fully saturated rings. The first kappa shape index (κ1) is 26.7. The van der Waals surface area contributed by atoms with Crippen LogP contribution in [0, 0.1) is 0 Å². The second kappa shape index (κ2) is 11.2. The fraction of sp³-hybridized carbons (Fsp3) is 0.381. The Kier molecular flexibility index (Phi) is 8.82. The number of benzene rings is 1. The molecule has 13 heteroatoms. The molecule has 0 saturated carbocycles. The van der Waals surface area contributed by atoms with E-state index in [1.165, 1.54) is 11.8 Å². The van der Waals surface area contributed by atoms with Gasteiger partial charge >= 0.3 is 13.7 Å². The zero-order chi connectivity index (χ0) is 25.0. The molecule has 3 rings (SSSR count). The van der Waals surface area contributed by atoms with Crippen LogP contribution in [-0.4, -0.2) is 43.2 Å². The monoisotopic (exact) mass is 546 g/mol. The van der Waals surface area contributed by atoms with Crippen LogP contribution in [0.5, 0.6) is 0 Å². The molecule has 9 nitrogen and oxygen atoms in total. The van der Waals surface area contributed by atoms with Gasteiger partial charge in [-0.25, -0.2) is 9.78 Å². The number of imidazole rings is 1. The van der Waals surface area contributed by atoms with Gasteiger partial charge in [0.25, 0.3) is 0 Å². The van der Waals surface area contributed by atoms with Crippen LogP contribution in [0.25, 0.3) is 0 Å². The number of nitrogens with two attached hydrogens (primary N) is 1. The molecule has 1 aromatic carbocycles. The van der Waals surface area contributed by atoms with Gasteiger partial charge in [0.2, 0.25) is 0 Å². The lowest BCUT2D eigenvalue weighted by molar-refractivity contribution is 0.145. The molecule has 0 saturated heterocycles. The van der Waals surface area contributed by atoms with E-state index in [-0.39, 0.29) is 18.8 Å². The summed E-state index contributed by atoms with van der Waals surface area (Å²) in [5.74, 6) is 0.588. The summed E-state index contributed by atoms with van der Waals surface area (Å²) in [5, 5.41) is 1.85.